The Kier molecular flexibility index (Phi) is 4.75. The Balaban J connectivity index is 2.10. The lowest BCUT2D eigenvalue weighted by atomic mass is 9.87. The summed E-state index contributed by atoms with van der Waals surface area (Å²) in [5.41, 5.74) is 2.91. The molecule has 0 aromatic heterocycles. The Morgan fingerprint density at radius 2 is 2.35 bits per heavy atom. The molecule has 1 N–H and O–H groups in total. The van der Waals surface area contributed by atoms with Crippen LogP contribution in [0.5, 0.6) is 5.75 Å². The molecule has 1 unspecified atom stereocenters. The van der Waals surface area contributed by atoms with E-state index in [1.807, 2.05) is 18.8 Å². The SMILES string of the molecule is CNC1CCCc2ccc(OCCSC)cc21. The third-order valence-corrected chi connectivity index (χ3v) is 3.91. The van der Waals surface area contributed by atoms with Crippen molar-refractivity contribution in [1.29, 1.82) is 0 Å². The molecule has 94 valence electrons. The summed E-state index contributed by atoms with van der Waals surface area (Å²) in [4.78, 5) is 0. The number of benzene rings is 1. The number of aryl methyl sites for hydroxylation is 1. The first-order valence-electron chi connectivity index (χ1n) is 6.27. The van der Waals surface area contributed by atoms with Gasteiger partial charge in [0.05, 0.1) is 6.61 Å². The Bertz CT molecular complexity index is 367. The third kappa shape index (κ3) is 3.17. The van der Waals surface area contributed by atoms with Gasteiger partial charge in [-0.05, 0) is 55.8 Å². The van der Waals surface area contributed by atoms with E-state index in [0.29, 0.717) is 6.04 Å². The highest BCUT2D eigenvalue weighted by Gasteiger charge is 2.18. The molecular formula is C14H21NOS. The molecule has 1 aromatic carbocycles. The maximum atomic E-state index is 5.76. The molecule has 2 rings (SSSR count). The van der Waals surface area contributed by atoms with Crippen molar-refractivity contribution in [3.8, 4) is 5.75 Å². The van der Waals surface area contributed by atoms with Crippen LogP contribution in [-0.2, 0) is 6.42 Å². The van der Waals surface area contributed by atoms with Gasteiger partial charge in [-0.2, -0.15) is 11.8 Å². The van der Waals surface area contributed by atoms with Crippen molar-refractivity contribution in [1.82, 2.24) is 5.32 Å². The van der Waals surface area contributed by atoms with Gasteiger partial charge in [-0.1, -0.05) is 6.07 Å². The average molecular weight is 251 g/mol. The minimum absolute atomic E-state index is 0.503. The average Bonchev–Trinajstić information content (AvgIpc) is 2.38. The third-order valence-electron chi connectivity index (χ3n) is 3.34. The largest absolute Gasteiger partial charge is 0.493 e. The van der Waals surface area contributed by atoms with E-state index >= 15 is 0 Å². The lowest BCUT2D eigenvalue weighted by molar-refractivity contribution is 0.342. The number of hydrogen-bond acceptors (Lipinski definition) is 3. The molecule has 0 heterocycles. The number of hydrogen-bond donors (Lipinski definition) is 1. The van der Waals surface area contributed by atoms with Gasteiger partial charge in [0.1, 0.15) is 5.75 Å². The van der Waals surface area contributed by atoms with Crippen LogP contribution >= 0.6 is 11.8 Å². The first-order chi connectivity index (χ1) is 8.35. The summed E-state index contributed by atoms with van der Waals surface area (Å²) < 4.78 is 5.76. The summed E-state index contributed by atoms with van der Waals surface area (Å²) in [6.07, 6.45) is 5.83. The summed E-state index contributed by atoms with van der Waals surface area (Å²) >= 11 is 1.82. The zero-order valence-corrected chi connectivity index (χ0v) is 11.5. The Hall–Kier alpha value is -0.670. The fraction of sp³-hybridized carbons (Fsp3) is 0.571. The van der Waals surface area contributed by atoms with Gasteiger partial charge < -0.3 is 10.1 Å². The van der Waals surface area contributed by atoms with Crippen LogP contribution in [0.2, 0.25) is 0 Å². The summed E-state index contributed by atoms with van der Waals surface area (Å²) in [6, 6.07) is 7.06. The predicted octanol–water partition coefficient (Wildman–Crippen LogP) is 3.03. The van der Waals surface area contributed by atoms with Crippen molar-refractivity contribution in [3.63, 3.8) is 0 Å². The fourth-order valence-electron chi connectivity index (χ4n) is 2.41. The molecule has 3 heteroatoms. The van der Waals surface area contributed by atoms with E-state index in [1.165, 1.54) is 30.4 Å². The molecule has 0 radical (unpaired) electrons. The lowest BCUT2D eigenvalue weighted by Gasteiger charge is -2.25. The molecule has 17 heavy (non-hydrogen) atoms. The highest BCUT2D eigenvalue weighted by molar-refractivity contribution is 7.98. The molecule has 0 amide bonds. The Morgan fingerprint density at radius 3 is 3.12 bits per heavy atom. The van der Waals surface area contributed by atoms with Crippen molar-refractivity contribution in [2.45, 2.75) is 25.3 Å². The number of fused-ring (bicyclic) bond motifs is 1. The standard InChI is InChI=1S/C14H21NOS/c1-15-14-5-3-4-11-6-7-12(10-13(11)14)16-8-9-17-2/h6-7,10,14-15H,3-5,8-9H2,1-2H3. The quantitative estimate of drug-likeness (QED) is 0.813. The van der Waals surface area contributed by atoms with Gasteiger partial charge in [0.25, 0.3) is 0 Å². The van der Waals surface area contributed by atoms with Crippen LogP contribution in [0.1, 0.15) is 30.0 Å². The second-order valence-corrected chi connectivity index (χ2v) is 5.42. The van der Waals surface area contributed by atoms with Crippen molar-refractivity contribution >= 4 is 11.8 Å². The van der Waals surface area contributed by atoms with Gasteiger partial charge in [-0.3, -0.25) is 0 Å². The monoisotopic (exact) mass is 251 g/mol. The number of ether oxygens (including phenoxy) is 1. The van der Waals surface area contributed by atoms with Crippen LogP contribution in [0.15, 0.2) is 18.2 Å². The molecule has 0 saturated carbocycles. The second kappa shape index (κ2) is 6.31. The fourth-order valence-corrected chi connectivity index (χ4v) is 2.66. The maximum absolute atomic E-state index is 5.76. The van der Waals surface area contributed by atoms with Crippen molar-refractivity contribution < 1.29 is 4.74 Å². The molecule has 0 aliphatic heterocycles. The summed E-state index contributed by atoms with van der Waals surface area (Å²) in [5.74, 6) is 2.06. The highest BCUT2D eigenvalue weighted by Crippen LogP contribution is 2.32. The van der Waals surface area contributed by atoms with E-state index in [1.54, 1.807) is 0 Å². The molecule has 1 aromatic rings. The van der Waals surface area contributed by atoms with Crippen molar-refractivity contribution in [2.75, 3.05) is 25.7 Å². The first kappa shape index (κ1) is 12.8. The van der Waals surface area contributed by atoms with E-state index < -0.39 is 0 Å². The maximum Gasteiger partial charge on any atom is 0.119 e. The minimum Gasteiger partial charge on any atom is -0.493 e. The number of nitrogens with one attached hydrogen (secondary N) is 1. The number of thioether (sulfide) groups is 1. The van der Waals surface area contributed by atoms with Crippen molar-refractivity contribution in [2.24, 2.45) is 0 Å². The van der Waals surface area contributed by atoms with Gasteiger partial charge in [0.15, 0.2) is 0 Å². The molecule has 0 spiro atoms. The topological polar surface area (TPSA) is 21.3 Å². The zero-order chi connectivity index (χ0) is 12.1. The molecular weight excluding hydrogens is 230 g/mol. The Morgan fingerprint density at radius 1 is 1.47 bits per heavy atom. The predicted molar refractivity (Wildman–Crippen MR) is 75.1 cm³/mol. The molecule has 1 aliphatic carbocycles. The number of rotatable bonds is 5. The van der Waals surface area contributed by atoms with Gasteiger partial charge in [-0.25, -0.2) is 0 Å². The van der Waals surface area contributed by atoms with Crippen LogP contribution in [0.4, 0.5) is 0 Å². The summed E-state index contributed by atoms with van der Waals surface area (Å²) in [5, 5.41) is 3.39. The van der Waals surface area contributed by atoms with Gasteiger partial charge in [0.2, 0.25) is 0 Å². The molecule has 0 saturated heterocycles. The molecule has 1 aliphatic rings. The van der Waals surface area contributed by atoms with E-state index in [4.69, 9.17) is 4.74 Å². The minimum atomic E-state index is 0.503. The van der Waals surface area contributed by atoms with Crippen LogP contribution in [0.25, 0.3) is 0 Å². The van der Waals surface area contributed by atoms with E-state index in [2.05, 4.69) is 29.8 Å². The van der Waals surface area contributed by atoms with E-state index in [0.717, 1.165) is 18.1 Å². The van der Waals surface area contributed by atoms with Crippen LogP contribution in [0.3, 0.4) is 0 Å². The van der Waals surface area contributed by atoms with Gasteiger partial charge in [-0.15, -0.1) is 0 Å². The van der Waals surface area contributed by atoms with Gasteiger partial charge in [0, 0.05) is 11.8 Å². The first-order valence-corrected chi connectivity index (χ1v) is 7.66. The van der Waals surface area contributed by atoms with Gasteiger partial charge >= 0.3 is 0 Å². The zero-order valence-electron chi connectivity index (χ0n) is 10.7. The van der Waals surface area contributed by atoms with Crippen LogP contribution in [0, 0.1) is 0 Å². The summed E-state index contributed by atoms with van der Waals surface area (Å²) in [6.45, 7) is 0.796. The van der Waals surface area contributed by atoms with E-state index in [9.17, 15) is 0 Å². The highest BCUT2D eigenvalue weighted by atomic mass is 32.2. The summed E-state index contributed by atoms with van der Waals surface area (Å²) in [7, 11) is 2.04. The second-order valence-electron chi connectivity index (χ2n) is 4.44. The Labute approximate surface area is 108 Å². The normalized spacial score (nSPS) is 18.8. The molecule has 0 fully saturated rings. The molecule has 1 atom stereocenters. The van der Waals surface area contributed by atoms with Crippen LogP contribution in [-0.4, -0.2) is 25.7 Å². The van der Waals surface area contributed by atoms with Crippen LogP contribution < -0.4 is 10.1 Å². The smallest absolute Gasteiger partial charge is 0.119 e. The molecule has 2 nitrogen and oxygen atoms in total. The lowest BCUT2D eigenvalue weighted by Crippen LogP contribution is -2.21. The van der Waals surface area contributed by atoms with E-state index in [-0.39, 0.29) is 0 Å². The van der Waals surface area contributed by atoms with Crippen molar-refractivity contribution in [3.05, 3.63) is 29.3 Å². The molecule has 0 bridgehead atoms.